The molecule has 1 aliphatic heterocycles. The number of esters is 1. The number of halogens is 1. The molecule has 164 valence electrons. The average Bonchev–Trinajstić information content (AvgIpc) is 2.78. The van der Waals surface area contributed by atoms with Gasteiger partial charge in [-0.2, -0.15) is 0 Å². The van der Waals surface area contributed by atoms with Crippen molar-refractivity contribution in [2.24, 2.45) is 5.92 Å². The number of aryl methyl sites for hydroxylation is 1. The van der Waals surface area contributed by atoms with Crippen LogP contribution in [0.3, 0.4) is 0 Å². The third-order valence-corrected chi connectivity index (χ3v) is 5.38. The molecule has 3 rings (SSSR count). The van der Waals surface area contributed by atoms with Gasteiger partial charge in [0.1, 0.15) is 5.82 Å². The Labute approximate surface area is 181 Å². The SMILES string of the molecule is Cc1ccc(CNC(=O)C(C)OC(=O)C2CCCN(C(=O)c3ccc(F)cc3)C2)cc1. The van der Waals surface area contributed by atoms with E-state index < -0.39 is 23.8 Å². The first kappa shape index (κ1) is 22.5. The summed E-state index contributed by atoms with van der Waals surface area (Å²) >= 11 is 0. The van der Waals surface area contributed by atoms with Crippen molar-refractivity contribution < 1.29 is 23.5 Å². The fraction of sp³-hybridized carbons (Fsp3) is 0.375. The molecule has 1 aliphatic rings. The summed E-state index contributed by atoms with van der Waals surface area (Å²) in [4.78, 5) is 39.1. The van der Waals surface area contributed by atoms with Gasteiger partial charge in [-0.1, -0.05) is 29.8 Å². The van der Waals surface area contributed by atoms with Crippen molar-refractivity contribution in [3.05, 3.63) is 71.0 Å². The molecule has 2 aromatic rings. The maximum atomic E-state index is 13.1. The zero-order valence-corrected chi connectivity index (χ0v) is 17.8. The molecule has 2 unspecified atom stereocenters. The van der Waals surface area contributed by atoms with E-state index in [9.17, 15) is 18.8 Å². The normalized spacial score (nSPS) is 17.0. The van der Waals surface area contributed by atoms with Crippen molar-refractivity contribution in [1.82, 2.24) is 10.2 Å². The van der Waals surface area contributed by atoms with Gasteiger partial charge in [-0.3, -0.25) is 14.4 Å². The van der Waals surface area contributed by atoms with Crippen LogP contribution in [0.2, 0.25) is 0 Å². The minimum Gasteiger partial charge on any atom is -0.452 e. The Morgan fingerprint density at radius 3 is 2.48 bits per heavy atom. The van der Waals surface area contributed by atoms with E-state index in [1.807, 2.05) is 31.2 Å². The zero-order chi connectivity index (χ0) is 22.4. The van der Waals surface area contributed by atoms with Crippen molar-refractivity contribution in [3.63, 3.8) is 0 Å². The number of carbonyl (C=O) groups excluding carboxylic acids is 3. The van der Waals surface area contributed by atoms with Gasteiger partial charge in [0.2, 0.25) is 0 Å². The number of nitrogens with one attached hydrogen (secondary N) is 1. The van der Waals surface area contributed by atoms with Gasteiger partial charge >= 0.3 is 5.97 Å². The largest absolute Gasteiger partial charge is 0.452 e. The highest BCUT2D eigenvalue weighted by Gasteiger charge is 2.31. The minimum absolute atomic E-state index is 0.215. The third kappa shape index (κ3) is 6.13. The predicted octanol–water partition coefficient (Wildman–Crippen LogP) is 3.23. The molecule has 6 nitrogen and oxygen atoms in total. The van der Waals surface area contributed by atoms with Gasteiger partial charge in [0.25, 0.3) is 11.8 Å². The molecule has 1 fully saturated rings. The van der Waals surface area contributed by atoms with Gasteiger partial charge in [-0.05, 0) is 56.5 Å². The molecule has 0 bridgehead atoms. The molecule has 0 aliphatic carbocycles. The van der Waals surface area contributed by atoms with Crippen molar-refractivity contribution in [2.45, 2.75) is 39.3 Å². The lowest BCUT2D eigenvalue weighted by Gasteiger charge is -2.32. The number of likely N-dealkylation sites (tertiary alicyclic amines) is 1. The Kier molecular flexibility index (Phi) is 7.39. The molecule has 0 saturated carbocycles. The van der Waals surface area contributed by atoms with Crippen molar-refractivity contribution in [1.29, 1.82) is 0 Å². The minimum atomic E-state index is -0.930. The first-order valence-electron chi connectivity index (χ1n) is 10.4. The summed E-state index contributed by atoms with van der Waals surface area (Å²) in [5.41, 5.74) is 2.47. The maximum absolute atomic E-state index is 13.1. The lowest BCUT2D eigenvalue weighted by Crippen LogP contribution is -2.44. The van der Waals surface area contributed by atoms with E-state index in [4.69, 9.17) is 4.74 Å². The van der Waals surface area contributed by atoms with E-state index in [1.54, 1.807) is 4.90 Å². The lowest BCUT2D eigenvalue weighted by molar-refractivity contribution is -0.160. The fourth-order valence-corrected chi connectivity index (χ4v) is 3.49. The Morgan fingerprint density at radius 1 is 1.13 bits per heavy atom. The van der Waals surface area contributed by atoms with Crippen LogP contribution in [0.1, 0.15) is 41.3 Å². The monoisotopic (exact) mass is 426 g/mol. The second-order valence-corrected chi connectivity index (χ2v) is 7.88. The molecule has 1 N–H and O–H groups in total. The van der Waals surface area contributed by atoms with Gasteiger partial charge < -0.3 is 15.0 Å². The van der Waals surface area contributed by atoms with Crippen molar-refractivity contribution in [2.75, 3.05) is 13.1 Å². The summed E-state index contributed by atoms with van der Waals surface area (Å²) in [5.74, 6) is -2.02. The summed E-state index contributed by atoms with van der Waals surface area (Å²) in [6, 6.07) is 13.1. The van der Waals surface area contributed by atoms with Crippen LogP contribution in [0.15, 0.2) is 48.5 Å². The highest BCUT2D eigenvalue weighted by Crippen LogP contribution is 2.21. The van der Waals surface area contributed by atoms with Gasteiger partial charge in [-0.15, -0.1) is 0 Å². The summed E-state index contributed by atoms with van der Waals surface area (Å²) in [5, 5.41) is 2.77. The fourth-order valence-electron chi connectivity index (χ4n) is 3.49. The number of hydrogen-bond acceptors (Lipinski definition) is 4. The van der Waals surface area contributed by atoms with E-state index >= 15 is 0 Å². The summed E-state index contributed by atoms with van der Waals surface area (Å²) in [6.07, 6.45) is 0.311. The molecule has 2 amide bonds. The summed E-state index contributed by atoms with van der Waals surface area (Å²) < 4.78 is 18.5. The number of nitrogens with zero attached hydrogens (tertiary/aromatic N) is 1. The van der Waals surface area contributed by atoms with Crippen LogP contribution in [-0.4, -0.2) is 41.9 Å². The highest BCUT2D eigenvalue weighted by atomic mass is 19.1. The number of amides is 2. The topological polar surface area (TPSA) is 75.7 Å². The standard InChI is InChI=1S/C24H27FN2O4/c1-16-5-7-18(8-6-16)14-26-22(28)17(2)31-24(30)20-4-3-13-27(15-20)23(29)19-9-11-21(25)12-10-19/h5-12,17,20H,3-4,13-15H2,1-2H3,(H,26,28). The summed E-state index contributed by atoms with van der Waals surface area (Å²) in [6.45, 7) is 4.61. The third-order valence-electron chi connectivity index (χ3n) is 5.38. The Bertz CT molecular complexity index is 928. The van der Waals surface area contributed by atoms with E-state index in [2.05, 4.69) is 5.32 Å². The number of piperidine rings is 1. The molecule has 1 heterocycles. The van der Waals surface area contributed by atoms with E-state index in [0.29, 0.717) is 31.5 Å². The van der Waals surface area contributed by atoms with Gasteiger partial charge in [-0.25, -0.2) is 4.39 Å². The second-order valence-electron chi connectivity index (χ2n) is 7.88. The molecule has 1 saturated heterocycles. The highest BCUT2D eigenvalue weighted by molar-refractivity contribution is 5.94. The molecule has 7 heteroatoms. The number of rotatable bonds is 6. The molecular formula is C24H27FN2O4. The molecule has 2 atom stereocenters. The number of ether oxygens (including phenoxy) is 1. The smallest absolute Gasteiger partial charge is 0.311 e. The Balaban J connectivity index is 1.50. The van der Waals surface area contributed by atoms with Crippen LogP contribution in [0, 0.1) is 18.7 Å². The molecule has 2 aromatic carbocycles. The Hall–Kier alpha value is -3.22. The van der Waals surface area contributed by atoms with Crippen LogP contribution in [0.4, 0.5) is 4.39 Å². The van der Waals surface area contributed by atoms with Crippen molar-refractivity contribution in [3.8, 4) is 0 Å². The molecule has 0 spiro atoms. The second kappa shape index (κ2) is 10.2. The van der Waals surface area contributed by atoms with Crippen LogP contribution in [-0.2, 0) is 20.9 Å². The number of benzene rings is 2. The first-order valence-corrected chi connectivity index (χ1v) is 10.4. The first-order chi connectivity index (χ1) is 14.8. The predicted molar refractivity (Wildman–Crippen MR) is 114 cm³/mol. The molecule has 31 heavy (non-hydrogen) atoms. The molecule has 0 radical (unpaired) electrons. The van der Waals surface area contributed by atoms with Crippen LogP contribution < -0.4 is 5.32 Å². The average molecular weight is 426 g/mol. The van der Waals surface area contributed by atoms with Crippen LogP contribution in [0.5, 0.6) is 0 Å². The maximum Gasteiger partial charge on any atom is 0.311 e. The number of hydrogen-bond donors (Lipinski definition) is 1. The van der Waals surface area contributed by atoms with E-state index in [1.165, 1.54) is 31.2 Å². The van der Waals surface area contributed by atoms with Gasteiger partial charge in [0.15, 0.2) is 6.10 Å². The quantitative estimate of drug-likeness (QED) is 0.720. The van der Waals surface area contributed by atoms with Crippen molar-refractivity contribution >= 4 is 17.8 Å². The van der Waals surface area contributed by atoms with Crippen LogP contribution >= 0.6 is 0 Å². The lowest BCUT2D eigenvalue weighted by atomic mass is 9.97. The molecule has 0 aromatic heterocycles. The van der Waals surface area contributed by atoms with E-state index in [-0.39, 0.29) is 18.4 Å². The number of carbonyl (C=O) groups is 3. The Morgan fingerprint density at radius 2 is 1.81 bits per heavy atom. The zero-order valence-electron chi connectivity index (χ0n) is 17.8. The van der Waals surface area contributed by atoms with Gasteiger partial charge in [0, 0.05) is 25.2 Å². The summed E-state index contributed by atoms with van der Waals surface area (Å²) in [7, 11) is 0. The molecular weight excluding hydrogens is 399 g/mol. The van der Waals surface area contributed by atoms with Crippen LogP contribution in [0.25, 0.3) is 0 Å². The van der Waals surface area contributed by atoms with Gasteiger partial charge in [0.05, 0.1) is 5.92 Å². The van der Waals surface area contributed by atoms with E-state index in [0.717, 1.165) is 11.1 Å².